The summed E-state index contributed by atoms with van der Waals surface area (Å²) >= 11 is 0. The minimum absolute atomic E-state index is 0.150. The van der Waals surface area contributed by atoms with E-state index in [1.165, 1.54) is 18.5 Å². The van der Waals surface area contributed by atoms with Crippen molar-refractivity contribution in [1.29, 1.82) is 0 Å². The average molecular weight is 377 g/mol. The summed E-state index contributed by atoms with van der Waals surface area (Å²) < 4.78 is 13.4. The van der Waals surface area contributed by atoms with Gasteiger partial charge in [0.2, 0.25) is 0 Å². The first-order valence-electron chi connectivity index (χ1n) is 9.02. The third-order valence-electron chi connectivity index (χ3n) is 4.36. The summed E-state index contributed by atoms with van der Waals surface area (Å²) in [6.07, 6.45) is 4.88. The number of benzene rings is 2. The van der Waals surface area contributed by atoms with Crippen molar-refractivity contribution in [2.24, 2.45) is 0 Å². The molecule has 2 heterocycles. The summed E-state index contributed by atoms with van der Waals surface area (Å²) in [5, 5.41) is 14.5. The highest BCUT2D eigenvalue weighted by atomic mass is 16.5. The van der Waals surface area contributed by atoms with Gasteiger partial charge in [0.25, 0.3) is 0 Å². The van der Waals surface area contributed by atoms with Crippen molar-refractivity contribution in [3.05, 3.63) is 71.4 Å². The molecule has 0 aliphatic heterocycles. The van der Waals surface area contributed by atoms with Gasteiger partial charge in [0.15, 0.2) is 5.43 Å². The van der Waals surface area contributed by atoms with E-state index in [1.807, 2.05) is 30.3 Å². The highest BCUT2D eigenvalue weighted by Crippen LogP contribution is 2.31. The maximum atomic E-state index is 12.4. The number of hydrogen-bond acceptors (Lipinski definition) is 6. The Morgan fingerprint density at radius 1 is 1.11 bits per heavy atom. The Hall–Kier alpha value is -3.61. The molecular formula is C21H19N3O4. The second-order valence-corrected chi connectivity index (χ2v) is 6.37. The van der Waals surface area contributed by atoms with E-state index in [9.17, 15) is 9.90 Å². The van der Waals surface area contributed by atoms with Crippen molar-refractivity contribution < 1.29 is 14.3 Å². The number of unbranched alkanes of at least 4 members (excludes halogenated alkanes) is 1. The van der Waals surface area contributed by atoms with Crippen LogP contribution in [0, 0.1) is 0 Å². The fourth-order valence-electron chi connectivity index (χ4n) is 2.99. The Bertz CT molecular complexity index is 1120. The normalized spacial score (nSPS) is 11.0. The van der Waals surface area contributed by atoms with Crippen LogP contribution in [0.3, 0.4) is 0 Å². The lowest BCUT2D eigenvalue weighted by Gasteiger charge is -2.09. The quantitative estimate of drug-likeness (QED) is 0.495. The SMILES string of the molecule is O=c1cc(-c2ccccc2)oc2cc(OCCCCn3cncn3)cc(O)c12. The first-order chi connectivity index (χ1) is 13.7. The second kappa shape index (κ2) is 7.96. The number of fused-ring (bicyclic) bond motifs is 1. The molecule has 7 nitrogen and oxygen atoms in total. The zero-order valence-electron chi connectivity index (χ0n) is 15.1. The van der Waals surface area contributed by atoms with E-state index in [0.717, 1.165) is 24.9 Å². The summed E-state index contributed by atoms with van der Waals surface area (Å²) in [5.41, 5.74) is 0.793. The molecular weight excluding hydrogens is 358 g/mol. The lowest BCUT2D eigenvalue weighted by Crippen LogP contribution is -2.04. The standard InChI is InChI=1S/C21H19N3O4/c25-17-10-16(27-9-5-4-8-24-14-22-13-23-24)11-20-21(17)18(26)12-19(28-20)15-6-2-1-3-7-15/h1-3,6-7,10-14,25H,4-5,8-9H2. The average Bonchev–Trinajstić information content (AvgIpc) is 3.21. The monoisotopic (exact) mass is 377 g/mol. The molecule has 1 N–H and O–H groups in total. The number of nitrogens with zero attached hydrogens (tertiary/aromatic N) is 3. The molecule has 0 atom stereocenters. The van der Waals surface area contributed by atoms with Crippen molar-refractivity contribution in [3.63, 3.8) is 0 Å². The number of phenols is 1. The van der Waals surface area contributed by atoms with Gasteiger partial charge in [0.05, 0.1) is 6.61 Å². The van der Waals surface area contributed by atoms with Crippen LogP contribution in [0.4, 0.5) is 0 Å². The van der Waals surface area contributed by atoms with Crippen molar-refractivity contribution >= 4 is 11.0 Å². The fraction of sp³-hybridized carbons (Fsp3) is 0.190. The molecule has 0 aliphatic rings. The van der Waals surface area contributed by atoms with Crippen molar-refractivity contribution in [3.8, 4) is 22.8 Å². The summed E-state index contributed by atoms with van der Waals surface area (Å²) in [7, 11) is 0. The van der Waals surface area contributed by atoms with Crippen LogP contribution in [0.2, 0.25) is 0 Å². The molecule has 0 bridgehead atoms. The lowest BCUT2D eigenvalue weighted by molar-refractivity contribution is 0.300. The van der Waals surface area contributed by atoms with Gasteiger partial charge in [0, 0.05) is 30.3 Å². The maximum absolute atomic E-state index is 12.4. The molecule has 2 aromatic heterocycles. The number of aromatic hydroxyl groups is 1. The molecule has 2 aromatic carbocycles. The molecule has 4 rings (SSSR count). The molecule has 28 heavy (non-hydrogen) atoms. The predicted octanol–water partition coefficient (Wildman–Crippen LogP) is 3.62. The first kappa shape index (κ1) is 17.8. The topological polar surface area (TPSA) is 90.4 Å². The molecule has 0 spiro atoms. The number of phenolic OH excluding ortho intramolecular Hbond substituents is 1. The van der Waals surface area contributed by atoms with Gasteiger partial charge in [-0.05, 0) is 12.8 Å². The van der Waals surface area contributed by atoms with Crippen LogP contribution in [0.5, 0.6) is 11.5 Å². The third kappa shape index (κ3) is 3.88. The van der Waals surface area contributed by atoms with Crippen LogP contribution in [0.1, 0.15) is 12.8 Å². The van der Waals surface area contributed by atoms with Gasteiger partial charge in [0.1, 0.15) is 40.9 Å². The van der Waals surface area contributed by atoms with E-state index in [4.69, 9.17) is 9.15 Å². The molecule has 0 radical (unpaired) electrons. The van der Waals surface area contributed by atoms with Gasteiger partial charge in [-0.3, -0.25) is 9.48 Å². The summed E-state index contributed by atoms with van der Waals surface area (Å²) in [4.78, 5) is 16.3. The van der Waals surface area contributed by atoms with Crippen LogP contribution in [0.25, 0.3) is 22.3 Å². The second-order valence-electron chi connectivity index (χ2n) is 6.37. The predicted molar refractivity (Wildman–Crippen MR) is 104 cm³/mol. The van der Waals surface area contributed by atoms with Gasteiger partial charge in [-0.15, -0.1) is 0 Å². The van der Waals surface area contributed by atoms with E-state index < -0.39 is 0 Å². The highest BCUT2D eigenvalue weighted by molar-refractivity contribution is 5.86. The number of rotatable bonds is 7. The Labute approximate surface area is 160 Å². The summed E-state index contributed by atoms with van der Waals surface area (Å²) in [6, 6.07) is 13.8. The first-order valence-corrected chi connectivity index (χ1v) is 9.02. The van der Waals surface area contributed by atoms with E-state index in [0.29, 0.717) is 23.7 Å². The number of ether oxygens (including phenoxy) is 1. The summed E-state index contributed by atoms with van der Waals surface area (Å²) in [6.45, 7) is 1.24. The molecule has 0 fully saturated rings. The molecule has 0 saturated carbocycles. The van der Waals surface area contributed by atoms with Crippen molar-refractivity contribution in [2.45, 2.75) is 19.4 Å². The molecule has 7 heteroatoms. The molecule has 0 saturated heterocycles. The van der Waals surface area contributed by atoms with Crippen molar-refractivity contribution in [2.75, 3.05) is 6.61 Å². The van der Waals surface area contributed by atoms with Crippen LogP contribution in [-0.2, 0) is 6.54 Å². The Morgan fingerprint density at radius 3 is 2.75 bits per heavy atom. The zero-order valence-corrected chi connectivity index (χ0v) is 15.1. The van der Waals surface area contributed by atoms with E-state index in [1.54, 1.807) is 17.1 Å². The minimum Gasteiger partial charge on any atom is -0.507 e. The fourth-order valence-corrected chi connectivity index (χ4v) is 2.99. The van der Waals surface area contributed by atoms with Gasteiger partial charge in [-0.1, -0.05) is 30.3 Å². The largest absolute Gasteiger partial charge is 0.507 e. The Balaban J connectivity index is 1.50. The van der Waals surface area contributed by atoms with Gasteiger partial charge in [-0.2, -0.15) is 5.10 Å². The lowest BCUT2D eigenvalue weighted by atomic mass is 10.1. The van der Waals surface area contributed by atoms with Crippen LogP contribution in [0.15, 0.2) is 70.4 Å². The summed E-state index contributed by atoms with van der Waals surface area (Å²) in [5.74, 6) is 0.755. The smallest absolute Gasteiger partial charge is 0.197 e. The highest BCUT2D eigenvalue weighted by Gasteiger charge is 2.12. The third-order valence-corrected chi connectivity index (χ3v) is 4.36. The van der Waals surface area contributed by atoms with Gasteiger partial charge < -0.3 is 14.3 Å². The molecule has 4 aromatic rings. The molecule has 0 aliphatic carbocycles. The Kier molecular flexibility index (Phi) is 5.05. The number of aromatic nitrogens is 3. The van der Waals surface area contributed by atoms with Crippen LogP contribution in [-0.4, -0.2) is 26.5 Å². The zero-order chi connectivity index (χ0) is 19.3. The minimum atomic E-state index is -0.294. The molecule has 0 amide bonds. The molecule has 142 valence electrons. The Morgan fingerprint density at radius 2 is 1.96 bits per heavy atom. The van der Waals surface area contributed by atoms with Crippen molar-refractivity contribution in [1.82, 2.24) is 14.8 Å². The van der Waals surface area contributed by atoms with Crippen LogP contribution >= 0.6 is 0 Å². The number of hydrogen-bond donors (Lipinski definition) is 1. The van der Waals surface area contributed by atoms with Gasteiger partial charge in [-0.25, -0.2) is 4.98 Å². The molecule has 0 unspecified atom stereocenters. The maximum Gasteiger partial charge on any atom is 0.197 e. The van der Waals surface area contributed by atoms with Crippen LogP contribution < -0.4 is 10.2 Å². The van der Waals surface area contributed by atoms with Gasteiger partial charge >= 0.3 is 0 Å². The van der Waals surface area contributed by atoms with E-state index in [-0.39, 0.29) is 16.6 Å². The van der Waals surface area contributed by atoms with E-state index >= 15 is 0 Å². The number of aryl methyl sites for hydroxylation is 1. The van der Waals surface area contributed by atoms with E-state index in [2.05, 4.69) is 10.1 Å².